The third-order valence-corrected chi connectivity index (χ3v) is 6.30. The van der Waals surface area contributed by atoms with E-state index in [0.29, 0.717) is 5.56 Å². The van der Waals surface area contributed by atoms with Crippen LogP contribution in [0.2, 0.25) is 0 Å². The molecule has 1 unspecified atom stereocenters. The Balaban J connectivity index is 1.39. The van der Waals surface area contributed by atoms with Gasteiger partial charge in [-0.05, 0) is 66.8 Å². The first-order valence-corrected chi connectivity index (χ1v) is 13.1. The highest BCUT2D eigenvalue weighted by Crippen LogP contribution is 2.23. The number of rotatable bonds is 15. The second-order valence-corrected chi connectivity index (χ2v) is 9.29. The third kappa shape index (κ3) is 8.85. The molecule has 0 fully saturated rings. The second kappa shape index (κ2) is 14.5. The van der Waals surface area contributed by atoms with E-state index in [4.69, 9.17) is 9.47 Å². The van der Waals surface area contributed by atoms with Gasteiger partial charge in [0.25, 0.3) is 0 Å². The first-order chi connectivity index (χ1) is 16.7. The van der Waals surface area contributed by atoms with Crippen LogP contribution in [0.25, 0.3) is 10.8 Å². The number of aryl methyl sites for hydroxylation is 1. The van der Waals surface area contributed by atoms with Crippen LogP contribution in [0.15, 0.2) is 66.7 Å². The molecule has 0 aliphatic rings. The van der Waals surface area contributed by atoms with Crippen LogP contribution >= 0.6 is 0 Å². The predicted molar refractivity (Wildman–Crippen MR) is 142 cm³/mol. The summed E-state index contributed by atoms with van der Waals surface area (Å²) >= 11 is 0. The number of benzene rings is 3. The van der Waals surface area contributed by atoms with Crippen LogP contribution < -0.4 is 4.74 Å². The number of fused-ring (bicyclic) bond motifs is 1. The van der Waals surface area contributed by atoms with Crippen molar-refractivity contribution in [2.24, 2.45) is 0 Å². The van der Waals surface area contributed by atoms with Crippen molar-refractivity contribution < 1.29 is 14.3 Å². The number of esters is 1. The zero-order valence-electron chi connectivity index (χ0n) is 20.9. The molecule has 0 amide bonds. The smallest absolute Gasteiger partial charge is 0.338 e. The first kappa shape index (κ1) is 25.8. The summed E-state index contributed by atoms with van der Waals surface area (Å²) < 4.78 is 11.6. The largest absolute Gasteiger partial charge is 0.494 e. The van der Waals surface area contributed by atoms with E-state index in [1.807, 2.05) is 25.1 Å². The molecule has 0 heterocycles. The second-order valence-electron chi connectivity index (χ2n) is 9.29. The van der Waals surface area contributed by atoms with Gasteiger partial charge in [0.05, 0.1) is 18.3 Å². The van der Waals surface area contributed by atoms with Gasteiger partial charge in [0.15, 0.2) is 0 Å². The van der Waals surface area contributed by atoms with E-state index >= 15 is 0 Å². The number of unbranched alkanes of at least 4 members (excludes halogenated alkanes) is 7. The lowest BCUT2D eigenvalue weighted by atomic mass is 10.0. The van der Waals surface area contributed by atoms with Crippen molar-refractivity contribution in [3.63, 3.8) is 0 Å². The normalized spacial score (nSPS) is 11.9. The quantitative estimate of drug-likeness (QED) is 0.168. The van der Waals surface area contributed by atoms with Crippen molar-refractivity contribution in [3.05, 3.63) is 77.9 Å². The molecule has 1 atom stereocenters. The Morgan fingerprint density at radius 3 is 2.24 bits per heavy atom. The van der Waals surface area contributed by atoms with Gasteiger partial charge in [0, 0.05) is 0 Å². The average Bonchev–Trinajstić information content (AvgIpc) is 2.87. The van der Waals surface area contributed by atoms with E-state index in [9.17, 15) is 4.79 Å². The van der Waals surface area contributed by atoms with Gasteiger partial charge in [-0.2, -0.15) is 0 Å². The van der Waals surface area contributed by atoms with Crippen LogP contribution in [0.1, 0.15) is 87.6 Å². The molecule has 3 aromatic carbocycles. The summed E-state index contributed by atoms with van der Waals surface area (Å²) in [6.07, 6.45) is 12.0. The number of carbonyl (C=O) groups excluding carboxylic acids is 1. The van der Waals surface area contributed by atoms with Gasteiger partial charge in [0.1, 0.15) is 5.75 Å². The summed E-state index contributed by atoms with van der Waals surface area (Å²) in [7, 11) is 0. The molecular formula is C31H40O3. The van der Waals surface area contributed by atoms with Gasteiger partial charge >= 0.3 is 5.97 Å². The maximum atomic E-state index is 12.2. The van der Waals surface area contributed by atoms with Crippen LogP contribution in [0.5, 0.6) is 5.75 Å². The van der Waals surface area contributed by atoms with Gasteiger partial charge in [-0.25, -0.2) is 4.79 Å². The summed E-state index contributed by atoms with van der Waals surface area (Å²) in [6, 6.07) is 22.1. The fraction of sp³-hybridized carbons (Fsp3) is 0.452. The zero-order valence-corrected chi connectivity index (χ0v) is 20.9. The molecule has 0 saturated carbocycles. The highest BCUT2D eigenvalue weighted by atomic mass is 16.5. The molecule has 0 bridgehead atoms. The van der Waals surface area contributed by atoms with Gasteiger partial charge < -0.3 is 9.47 Å². The minimum Gasteiger partial charge on any atom is -0.494 e. The SMILES string of the molecule is CCCCCCCCCCOc1ccc2cc(CCC(C)OC(=O)c3ccccc3)ccc2c1. The van der Waals surface area contributed by atoms with Crippen molar-refractivity contribution in [1.29, 1.82) is 0 Å². The van der Waals surface area contributed by atoms with Crippen molar-refractivity contribution in [2.75, 3.05) is 6.61 Å². The summed E-state index contributed by atoms with van der Waals surface area (Å²) in [6.45, 7) is 5.01. The minimum absolute atomic E-state index is 0.129. The van der Waals surface area contributed by atoms with Crippen molar-refractivity contribution in [3.8, 4) is 5.75 Å². The Kier molecular flexibility index (Phi) is 11.0. The molecule has 3 aromatic rings. The number of hydrogen-bond donors (Lipinski definition) is 0. The maximum absolute atomic E-state index is 12.2. The Bertz CT molecular complexity index is 996. The molecule has 182 valence electrons. The predicted octanol–water partition coefficient (Wildman–Crippen LogP) is 8.54. The highest BCUT2D eigenvalue weighted by molar-refractivity contribution is 5.89. The maximum Gasteiger partial charge on any atom is 0.338 e. The van der Waals surface area contributed by atoms with Gasteiger partial charge in [-0.1, -0.05) is 94.3 Å². The lowest BCUT2D eigenvalue weighted by Crippen LogP contribution is -2.15. The molecule has 0 radical (unpaired) electrons. The van der Waals surface area contributed by atoms with E-state index in [-0.39, 0.29) is 12.1 Å². The molecule has 0 N–H and O–H groups in total. The van der Waals surface area contributed by atoms with Crippen LogP contribution in [-0.4, -0.2) is 18.7 Å². The van der Waals surface area contributed by atoms with E-state index < -0.39 is 0 Å². The number of carbonyl (C=O) groups is 1. The number of ether oxygens (including phenoxy) is 2. The average molecular weight is 461 g/mol. The van der Waals surface area contributed by atoms with Crippen molar-refractivity contribution >= 4 is 16.7 Å². The van der Waals surface area contributed by atoms with E-state index in [2.05, 4.69) is 43.3 Å². The summed E-state index contributed by atoms with van der Waals surface area (Å²) in [4.78, 5) is 12.2. The highest BCUT2D eigenvalue weighted by Gasteiger charge is 2.12. The molecule has 0 spiro atoms. The molecule has 0 aliphatic carbocycles. The number of hydrogen-bond acceptors (Lipinski definition) is 3. The van der Waals surface area contributed by atoms with Gasteiger partial charge in [-0.3, -0.25) is 0 Å². The molecule has 3 nitrogen and oxygen atoms in total. The zero-order chi connectivity index (χ0) is 24.0. The van der Waals surface area contributed by atoms with Crippen LogP contribution in [0.3, 0.4) is 0 Å². The van der Waals surface area contributed by atoms with Crippen LogP contribution in [0, 0.1) is 0 Å². The fourth-order valence-corrected chi connectivity index (χ4v) is 4.20. The Morgan fingerprint density at radius 2 is 1.47 bits per heavy atom. The van der Waals surface area contributed by atoms with Gasteiger partial charge in [-0.15, -0.1) is 0 Å². The molecular weight excluding hydrogens is 420 g/mol. The molecule has 3 heteroatoms. The molecule has 0 aromatic heterocycles. The Hall–Kier alpha value is -2.81. The van der Waals surface area contributed by atoms with E-state index in [1.165, 1.54) is 61.3 Å². The van der Waals surface area contributed by atoms with Crippen LogP contribution in [-0.2, 0) is 11.2 Å². The first-order valence-electron chi connectivity index (χ1n) is 13.1. The summed E-state index contributed by atoms with van der Waals surface area (Å²) in [5.74, 6) is 0.691. The van der Waals surface area contributed by atoms with Crippen LogP contribution in [0.4, 0.5) is 0 Å². The lowest BCUT2D eigenvalue weighted by Gasteiger charge is -2.14. The Morgan fingerprint density at radius 1 is 0.794 bits per heavy atom. The molecule has 0 aliphatic heterocycles. The topological polar surface area (TPSA) is 35.5 Å². The molecule has 3 rings (SSSR count). The molecule has 34 heavy (non-hydrogen) atoms. The van der Waals surface area contributed by atoms with Crippen molar-refractivity contribution in [2.45, 2.75) is 84.2 Å². The summed E-state index contributed by atoms with van der Waals surface area (Å²) in [5.41, 5.74) is 1.85. The summed E-state index contributed by atoms with van der Waals surface area (Å²) in [5, 5.41) is 2.41. The monoisotopic (exact) mass is 460 g/mol. The van der Waals surface area contributed by atoms with Crippen molar-refractivity contribution in [1.82, 2.24) is 0 Å². The lowest BCUT2D eigenvalue weighted by molar-refractivity contribution is 0.0325. The minimum atomic E-state index is -0.258. The third-order valence-electron chi connectivity index (χ3n) is 6.30. The fourth-order valence-electron chi connectivity index (χ4n) is 4.20. The van der Waals surface area contributed by atoms with Gasteiger partial charge in [0.2, 0.25) is 0 Å². The Labute approximate surface area is 205 Å². The standard InChI is InChI=1S/C31H40O3/c1-3-4-5-6-7-8-9-13-22-33-30-21-20-28-23-26(18-19-29(28)24-30)17-16-25(2)34-31(32)27-14-11-10-12-15-27/h10-12,14-15,18-21,23-25H,3-9,13,16-17,22H2,1-2H3. The van der Waals surface area contributed by atoms with E-state index in [1.54, 1.807) is 12.1 Å². The van der Waals surface area contributed by atoms with E-state index in [0.717, 1.165) is 31.6 Å². The molecule has 0 saturated heterocycles.